The highest BCUT2D eigenvalue weighted by Crippen LogP contribution is 2.19. The standard InChI is InChI=1S/C25H23NO7/c1-30-21-13-7-5-11-19(21)24(28)26-23(27)17-33-25(29)20-12-6-8-14-22(20)32-16-15-31-18-9-3-2-4-10-18/h2-14H,15-17H2,1H3,(H,26,27,28). The number of carbonyl (C=O) groups excluding carboxylic acids is 3. The second-order valence-electron chi connectivity index (χ2n) is 6.66. The first-order valence-electron chi connectivity index (χ1n) is 10.1. The Morgan fingerprint density at radius 3 is 2.06 bits per heavy atom. The smallest absolute Gasteiger partial charge is 0.342 e. The fraction of sp³-hybridized carbons (Fsp3) is 0.160. The summed E-state index contributed by atoms with van der Waals surface area (Å²) in [5.74, 6) is -0.853. The van der Waals surface area contributed by atoms with Crippen molar-refractivity contribution < 1.29 is 33.3 Å². The fourth-order valence-corrected chi connectivity index (χ4v) is 2.86. The summed E-state index contributed by atoms with van der Waals surface area (Å²) in [5.41, 5.74) is 0.345. The molecule has 0 spiro atoms. The van der Waals surface area contributed by atoms with Gasteiger partial charge in [0, 0.05) is 0 Å². The topological polar surface area (TPSA) is 100 Å². The monoisotopic (exact) mass is 449 g/mol. The lowest BCUT2D eigenvalue weighted by atomic mass is 10.2. The molecule has 1 N–H and O–H groups in total. The first-order chi connectivity index (χ1) is 16.1. The van der Waals surface area contributed by atoms with Crippen LogP contribution in [0.2, 0.25) is 0 Å². The van der Waals surface area contributed by atoms with Gasteiger partial charge in [0.2, 0.25) is 0 Å². The van der Waals surface area contributed by atoms with Crippen molar-refractivity contribution in [1.82, 2.24) is 5.32 Å². The van der Waals surface area contributed by atoms with Crippen LogP contribution < -0.4 is 19.5 Å². The van der Waals surface area contributed by atoms with Gasteiger partial charge in [-0.1, -0.05) is 42.5 Å². The number of esters is 1. The molecule has 3 aromatic carbocycles. The van der Waals surface area contributed by atoms with Gasteiger partial charge < -0.3 is 18.9 Å². The zero-order chi connectivity index (χ0) is 23.5. The van der Waals surface area contributed by atoms with E-state index < -0.39 is 24.4 Å². The van der Waals surface area contributed by atoms with Crippen LogP contribution in [0.1, 0.15) is 20.7 Å². The molecular formula is C25H23NO7. The molecule has 0 aliphatic heterocycles. The van der Waals surface area contributed by atoms with E-state index in [4.69, 9.17) is 18.9 Å². The summed E-state index contributed by atoms with van der Waals surface area (Å²) in [5, 5.41) is 2.17. The predicted molar refractivity (Wildman–Crippen MR) is 120 cm³/mol. The molecular weight excluding hydrogens is 426 g/mol. The van der Waals surface area contributed by atoms with Gasteiger partial charge in [-0.3, -0.25) is 14.9 Å². The van der Waals surface area contributed by atoms with E-state index in [0.29, 0.717) is 17.2 Å². The third kappa shape index (κ3) is 6.83. The normalized spacial score (nSPS) is 10.1. The minimum absolute atomic E-state index is 0.154. The predicted octanol–water partition coefficient (Wildman–Crippen LogP) is 3.27. The molecule has 3 rings (SSSR count). The highest BCUT2D eigenvalue weighted by molar-refractivity contribution is 6.07. The third-order valence-electron chi connectivity index (χ3n) is 4.40. The molecule has 0 fully saturated rings. The molecule has 0 radical (unpaired) electrons. The number of carbonyl (C=O) groups is 3. The Balaban J connectivity index is 1.49. The van der Waals surface area contributed by atoms with Crippen LogP contribution in [0.5, 0.6) is 17.2 Å². The largest absolute Gasteiger partial charge is 0.496 e. The Kier molecular flexibility index (Phi) is 8.41. The van der Waals surface area contributed by atoms with E-state index in [1.165, 1.54) is 19.2 Å². The second kappa shape index (κ2) is 11.9. The molecule has 8 nitrogen and oxygen atoms in total. The zero-order valence-electron chi connectivity index (χ0n) is 18.0. The number of hydrogen-bond acceptors (Lipinski definition) is 7. The Morgan fingerprint density at radius 1 is 0.727 bits per heavy atom. The molecule has 2 amide bonds. The van der Waals surface area contributed by atoms with Crippen molar-refractivity contribution in [3.63, 3.8) is 0 Å². The summed E-state index contributed by atoms with van der Waals surface area (Å²) in [6, 6.07) is 22.2. The average Bonchev–Trinajstić information content (AvgIpc) is 2.86. The number of amides is 2. The van der Waals surface area contributed by atoms with Crippen LogP contribution in [-0.2, 0) is 9.53 Å². The lowest BCUT2D eigenvalue weighted by molar-refractivity contribution is -0.123. The number of ether oxygens (including phenoxy) is 4. The summed E-state index contributed by atoms with van der Waals surface area (Å²) >= 11 is 0. The summed E-state index contributed by atoms with van der Waals surface area (Å²) < 4.78 is 21.4. The number of methoxy groups -OCH3 is 1. The van der Waals surface area contributed by atoms with Crippen molar-refractivity contribution in [1.29, 1.82) is 0 Å². The molecule has 0 bridgehead atoms. The lowest BCUT2D eigenvalue weighted by Crippen LogP contribution is -2.34. The number of rotatable bonds is 10. The van der Waals surface area contributed by atoms with Gasteiger partial charge in [-0.2, -0.15) is 0 Å². The van der Waals surface area contributed by atoms with E-state index in [-0.39, 0.29) is 24.3 Å². The van der Waals surface area contributed by atoms with Gasteiger partial charge in [0.15, 0.2) is 6.61 Å². The van der Waals surface area contributed by atoms with Crippen molar-refractivity contribution in [2.24, 2.45) is 0 Å². The van der Waals surface area contributed by atoms with Crippen molar-refractivity contribution in [3.05, 3.63) is 90.0 Å². The van der Waals surface area contributed by atoms with Crippen LogP contribution in [-0.4, -0.2) is 44.7 Å². The van der Waals surface area contributed by atoms with Gasteiger partial charge in [-0.15, -0.1) is 0 Å². The van der Waals surface area contributed by atoms with E-state index in [9.17, 15) is 14.4 Å². The van der Waals surface area contributed by atoms with Crippen molar-refractivity contribution in [3.8, 4) is 17.2 Å². The number of para-hydroxylation sites is 3. The lowest BCUT2D eigenvalue weighted by Gasteiger charge is -2.12. The van der Waals surface area contributed by atoms with Crippen molar-refractivity contribution in [2.45, 2.75) is 0 Å². The fourth-order valence-electron chi connectivity index (χ4n) is 2.86. The molecule has 0 aliphatic rings. The highest BCUT2D eigenvalue weighted by atomic mass is 16.5. The van der Waals surface area contributed by atoms with Gasteiger partial charge >= 0.3 is 5.97 Å². The van der Waals surface area contributed by atoms with Gasteiger partial charge in [-0.25, -0.2) is 4.79 Å². The molecule has 0 unspecified atom stereocenters. The number of nitrogens with one attached hydrogen (secondary N) is 1. The SMILES string of the molecule is COc1ccccc1C(=O)NC(=O)COC(=O)c1ccccc1OCCOc1ccccc1. The third-order valence-corrected chi connectivity index (χ3v) is 4.40. The molecule has 0 aromatic heterocycles. The second-order valence-corrected chi connectivity index (χ2v) is 6.66. The van der Waals surface area contributed by atoms with Crippen LogP contribution in [0.15, 0.2) is 78.9 Å². The summed E-state index contributed by atoms with van der Waals surface area (Å²) in [4.78, 5) is 36.8. The Bertz CT molecular complexity index is 1100. The molecule has 8 heteroatoms. The van der Waals surface area contributed by atoms with E-state index >= 15 is 0 Å². The first kappa shape index (κ1) is 23.3. The van der Waals surface area contributed by atoms with Crippen LogP contribution in [0.4, 0.5) is 0 Å². The summed E-state index contributed by atoms with van der Waals surface area (Å²) in [7, 11) is 1.42. The maximum Gasteiger partial charge on any atom is 0.342 e. The minimum atomic E-state index is -0.770. The van der Waals surface area contributed by atoms with Crippen LogP contribution in [0, 0.1) is 0 Å². The van der Waals surface area contributed by atoms with E-state index in [1.807, 2.05) is 30.3 Å². The maximum atomic E-state index is 12.5. The summed E-state index contributed by atoms with van der Waals surface area (Å²) in [6.07, 6.45) is 0. The molecule has 0 aliphatic carbocycles. The molecule has 0 atom stereocenters. The average molecular weight is 449 g/mol. The van der Waals surface area contributed by atoms with Crippen molar-refractivity contribution in [2.75, 3.05) is 26.9 Å². The van der Waals surface area contributed by atoms with E-state index in [2.05, 4.69) is 5.32 Å². The van der Waals surface area contributed by atoms with E-state index in [0.717, 1.165) is 0 Å². The zero-order valence-corrected chi connectivity index (χ0v) is 18.0. The Morgan fingerprint density at radius 2 is 1.33 bits per heavy atom. The number of imide groups is 1. The van der Waals surface area contributed by atoms with Crippen molar-refractivity contribution >= 4 is 17.8 Å². The van der Waals surface area contributed by atoms with Crippen LogP contribution in [0.25, 0.3) is 0 Å². The van der Waals surface area contributed by atoms with Crippen LogP contribution in [0.3, 0.4) is 0 Å². The molecule has 170 valence electrons. The van der Waals surface area contributed by atoms with Gasteiger partial charge in [-0.05, 0) is 36.4 Å². The Labute approximate surface area is 191 Å². The summed E-state index contributed by atoms with van der Waals surface area (Å²) in [6.45, 7) is -0.154. The van der Waals surface area contributed by atoms with E-state index in [1.54, 1.807) is 36.4 Å². The Hall–Kier alpha value is -4.33. The molecule has 0 saturated carbocycles. The maximum absolute atomic E-state index is 12.5. The van der Waals surface area contributed by atoms with Crippen LogP contribution >= 0.6 is 0 Å². The molecule has 3 aromatic rings. The van der Waals surface area contributed by atoms with Gasteiger partial charge in [0.05, 0.1) is 12.7 Å². The quantitative estimate of drug-likeness (QED) is 0.375. The minimum Gasteiger partial charge on any atom is -0.496 e. The number of benzene rings is 3. The molecule has 0 saturated heterocycles. The number of hydrogen-bond donors (Lipinski definition) is 1. The first-order valence-corrected chi connectivity index (χ1v) is 10.1. The molecule has 33 heavy (non-hydrogen) atoms. The highest BCUT2D eigenvalue weighted by Gasteiger charge is 2.18. The van der Waals surface area contributed by atoms with Gasteiger partial charge in [0.1, 0.15) is 36.0 Å². The molecule has 0 heterocycles. The van der Waals surface area contributed by atoms with Gasteiger partial charge in [0.25, 0.3) is 11.8 Å².